The van der Waals surface area contributed by atoms with Crippen LogP contribution < -0.4 is 0 Å². The first kappa shape index (κ1) is 44.0. The van der Waals surface area contributed by atoms with Crippen molar-refractivity contribution in [3.63, 3.8) is 0 Å². The maximum atomic E-state index is 3.65. The molecule has 0 saturated heterocycles. The molecule has 0 spiro atoms. The third kappa shape index (κ3) is 9.80. The number of rotatable bonds is 1. The van der Waals surface area contributed by atoms with Crippen LogP contribution in [0.1, 0.15) is 116 Å². The molecule has 0 nitrogen and oxygen atoms in total. The second-order valence-corrected chi connectivity index (χ2v) is 14.5. The topological polar surface area (TPSA) is 0 Å². The molecule has 4 aliphatic rings. The Balaban J connectivity index is 0.000000419. The van der Waals surface area contributed by atoms with E-state index in [1.165, 1.54) is 91.9 Å². The molecule has 0 aliphatic heterocycles. The Morgan fingerprint density at radius 3 is 1.81 bits per heavy atom. The van der Waals surface area contributed by atoms with Gasteiger partial charge in [-0.25, -0.2) is 11.6 Å². The van der Waals surface area contributed by atoms with E-state index in [4.69, 9.17) is 0 Å². The summed E-state index contributed by atoms with van der Waals surface area (Å²) in [7, 11) is 0. The molecular formula is C45H56Cl2Zr-4. The number of hydrogen-bond acceptors (Lipinski definition) is 0. The molecular weight excluding hydrogens is 703 g/mol. The first-order chi connectivity index (χ1) is 21.7. The molecule has 0 radical (unpaired) electrons. The molecule has 3 heteroatoms. The molecule has 0 bridgehead atoms. The third-order valence-corrected chi connectivity index (χ3v) is 9.18. The van der Waals surface area contributed by atoms with Gasteiger partial charge in [0.25, 0.3) is 0 Å². The van der Waals surface area contributed by atoms with Crippen molar-refractivity contribution in [1.29, 1.82) is 0 Å². The molecule has 0 saturated carbocycles. The van der Waals surface area contributed by atoms with Crippen molar-refractivity contribution in [1.82, 2.24) is 0 Å². The molecule has 0 heterocycles. The van der Waals surface area contributed by atoms with Crippen molar-refractivity contribution in [3.05, 3.63) is 137 Å². The second kappa shape index (κ2) is 18.3. The average molecular weight is 759 g/mol. The number of hydrogen-bond donors (Lipinski definition) is 0. The smallest absolute Gasteiger partial charge is 0.171 e. The van der Waals surface area contributed by atoms with Crippen LogP contribution in [-0.4, -0.2) is 4.21 Å². The zero-order chi connectivity index (χ0) is 34.4. The van der Waals surface area contributed by atoms with Gasteiger partial charge >= 0.3 is 28.4 Å². The van der Waals surface area contributed by atoms with Gasteiger partial charge in [0, 0.05) is 5.41 Å². The van der Waals surface area contributed by atoms with Crippen LogP contribution in [0.3, 0.4) is 0 Å². The Kier molecular flexibility index (Phi) is 16.7. The predicted octanol–water partition coefficient (Wildman–Crippen LogP) is 12.9. The Labute approximate surface area is 321 Å². The van der Waals surface area contributed by atoms with Crippen LogP contribution in [0.5, 0.6) is 0 Å². The van der Waals surface area contributed by atoms with Gasteiger partial charge in [0.1, 0.15) is 0 Å². The van der Waals surface area contributed by atoms with Crippen molar-refractivity contribution in [2.24, 2.45) is 11.3 Å². The monoisotopic (exact) mass is 756 g/mol. The summed E-state index contributed by atoms with van der Waals surface area (Å²) in [5, 5.41) is 0. The van der Waals surface area contributed by atoms with E-state index >= 15 is 0 Å². The van der Waals surface area contributed by atoms with Gasteiger partial charge in [-0.05, 0) is 58.4 Å². The molecule has 7 rings (SSSR count). The SMILES string of the molecule is CC1=[C-]C(C)(C)c2cc3c(cc21)-c1cc2c(cc1C3)C(C)(C)C=C2C.CCC1[C-]=CC(C(C)(C)C)=C1.Cl.Cl.[CH2-]C.[CH2]=[Zr].[c-]1ccccc1. The summed E-state index contributed by atoms with van der Waals surface area (Å²) in [6.45, 7) is 27.6. The summed E-state index contributed by atoms with van der Waals surface area (Å²) in [6, 6.07) is 22.3. The molecule has 1 atom stereocenters. The van der Waals surface area contributed by atoms with Gasteiger partial charge in [-0.15, -0.1) is 36.4 Å². The largest absolute Gasteiger partial charge is 0.184 e. The van der Waals surface area contributed by atoms with Crippen LogP contribution in [0.4, 0.5) is 0 Å². The molecule has 0 aromatic heterocycles. The zero-order valence-electron chi connectivity index (χ0n) is 31.2. The molecule has 258 valence electrons. The maximum Gasteiger partial charge on any atom is -0.171 e. The molecule has 0 amide bonds. The Hall–Kier alpha value is -2.05. The normalized spacial score (nSPS) is 17.4. The molecule has 3 aromatic rings. The van der Waals surface area contributed by atoms with Crippen molar-refractivity contribution >= 4 is 40.2 Å². The van der Waals surface area contributed by atoms with Gasteiger partial charge in [-0.2, -0.15) is 60.5 Å². The molecule has 0 N–H and O–H groups in total. The summed E-state index contributed by atoms with van der Waals surface area (Å²) in [4.78, 5) is 0. The predicted molar refractivity (Wildman–Crippen MR) is 214 cm³/mol. The molecule has 3 aromatic carbocycles. The fourth-order valence-electron chi connectivity index (χ4n) is 6.83. The van der Waals surface area contributed by atoms with Gasteiger partial charge in [0.05, 0.1) is 0 Å². The fourth-order valence-corrected chi connectivity index (χ4v) is 6.83. The maximum absolute atomic E-state index is 3.65. The van der Waals surface area contributed by atoms with Gasteiger partial charge < -0.3 is 6.92 Å². The van der Waals surface area contributed by atoms with E-state index in [0.29, 0.717) is 11.3 Å². The minimum atomic E-state index is 0. The first-order valence-corrected chi connectivity index (χ1v) is 18.4. The van der Waals surface area contributed by atoms with Crippen molar-refractivity contribution in [2.45, 2.75) is 99.8 Å². The second-order valence-electron chi connectivity index (χ2n) is 14.5. The summed E-state index contributed by atoms with van der Waals surface area (Å²) in [5.41, 5.74) is 16.3. The van der Waals surface area contributed by atoms with Gasteiger partial charge in [-0.1, -0.05) is 104 Å². The van der Waals surface area contributed by atoms with E-state index < -0.39 is 0 Å². The molecule has 0 fully saturated rings. The van der Waals surface area contributed by atoms with Crippen LogP contribution in [0.2, 0.25) is 0 Å². The van der Waals surface area contributed by atoms with Crippen molar-refractivity contribution in [2.75, 3.05) is 0 Å². The Morgan fingerprint density at radius 1 is 0.833 bits per heavy atom. The molecule has 48 heavy (non-hydrogen) atoms. The minimum Gasteiger partial charge on any atom is -0.184 e. The summed E-state index contributed by atoms with van der Waals surface area (Å²) < 4.78 is 3.34. The number of benzene rings is 3. The number of fused-ring (bicyclic) bond motifs is 5. The minimum absolute atomic E-state index is 0. The van der Waals surface area contributed by atoms with Gasteiger partial charge in [0.2, 0.25) is 0 Å². The van der Waals surface area contributed by atoms with E-state index in [0.717, 1.165) is 6.42 Å². The number of halogens is 2. The van der Waals surface area contributed by atoms with E-state index in [9.17, 15) is 0 Å². The fraction of sp³-hybridized carbons (Fsp3) is 0.378. The van der Waals surface area contributed by atoms with Gasteiger partial charge in [0.15, 0.2) is 0 Å². The van der Waals surface area contributed by atoms with Crippen LogP contribution in [0.15, 0.2) is 78.4 Å². The van der Waals surface area contributed by atoms with Crippen molar-refractivity contribution in [3.8, 4) is 11.1 Å². The van der Waals surface area contributed by atoms with Crippen LogP contribution >= 0.6 is 24.8 Å². The van der Waals surface area contributed by atoms with Crippen LogP contribution in [0, 0.1) is 36.5 Å². The summed E-state index contributed by atoms with van der Waals surface area (Å²) in [6.07, 6.45) is 16.1. The van der Waals surface area contributed by atoms with E-state index in [2.05, 4.69) is 141 Å². The van der Waals surface area contributed by atoms with Gasteiger partial charge in [-0.3, -0.25) is 12.2 Å². The van der Waals surface area contributed by atoms with Crippen molar-refractivity contribution < 1.29 is 24.2 Å². The third-order valence-electron chi connectivity index (χ3n) is 9.18. The summed E-state index contributed by atoms with van der Waals surface area (Å²) >= 11 is 1.30. The van der Waals surface area contributed by atoms with E-state index in [1.54, 1.807) is 6.92 Å². The van der Waals surface area contributed by atoms with Crippen LogP contribution in [-0.2, 0) is 41.5 Å². The van der Waals surface area contributed by atoms with Crippen LogP contribution in [0.25, 0.3) is 22.3 Å². The first-order valence-electron chi connectivity index (χ1n) is 16.7. The zero-order valence-corrected chi connectivity index (χ0v) is 35.2. The average Bonchev–Trinajstić information content (AvgIpc) is 3.77. The quantitative estimate of drug-likeness (QED) is 0.170. The summed E-state index contributed by atoms with van der Waals surface area (Å²) in [5.74, 6) is 0.573. The Morgan fingerprint density at radius 2 is 1.38 bits per heavy atom. The molecule has 1 unspecified atom stereocenters. The molecule has 4 aliphatic carbocycles. The standard InChI is InChI=1S/C25H25.C11H17.C6H5.C2H5.CH2.2ClH.Zr/c1-14-12-24(3,4)22-8-16-7-17-9-23-19(15(2)13-25(23,5)6)11-21(17)20(16)10-18(14)22;1-5-9-6-7-10(8-9)11(2,3)4;1-2-4-6-5-3-1;1-2;;;;/h8-12H,7H2,1-6H3;7-9H,5H2,1-4H3;1-5H;1H2,2H3;1H2;2*1H;/q4*-1;;;;. The van der Waals surface area contributed by atoms with E-state index in [-0.39, 0.29) is 35.6 Å². The Bertz CT molecular complexity index is 1530. The number of allylic oxidation sites excluding steroid dienone is 8. The van der Waals surface area contributed by atoms with E-state index in [1.807, 2.05) is 30.3 Å².